The van der Waals surface area contributed by atoms with E-state index >= 15 is 0 Å². The molecule has 116 valence electrons. The predicted molar refractivity (Wildman–Crippen MR) is 77.8 cm³/mol. The minimum Gasteiger partial charge on any atom is -0.497 e. The molecule has 2 atom stereocenters. The Hall–Kier alpha value is -1.60. The summed E-state index contributed by atoms with van der Waals surface area (Å²) in [6, 6.07) is 4.82. The van der Waals surface area contributed by atoms with Crippen LogP contribution in [0, 0.1) is 0 Å². The average molecular weight is 313 g/mol. The first-order chi connectivity index (χ1) is 9.89. The normalized spacial score (nSPS) is 21.5. The zero-order valence-electron chi connectivity index (χ0n) is 12.0. The van der Waals surface area contributed by atoms with E-state index in [2.05, 4.69) is 4.74 Å². The number of carbonyl (C=O) groups excluding carboxylic acids is 1. The van der Waals surface area contributed by atoms with E-state index in [1.807, 2.05) is 12.1 Å². The second-order valence-electron chi connectivity index (χ2n) is 5.05. The largest absolute Gasteiger partial charge is 0.497 e. The van der Waals surface area contributed by atoms with Crippen molar-refractivity contribution in [3.05, 3.63) is 29.3 Å². The molecule has 2 unspecified atom stereocenters. The molecule has 6 nitrogen and oxygen atoms in total. The van der Waals surface area contributed by atoms with Crippen LogP contribution in [0.2, 0.25) is 0 Å². The lowest BCUT2D eigenvalue weighted by Crippen LogP contribution is -2.40. The van der Waals surface area contributed by atoms with E-state index in [1.165, 1.54) is 7.11 Å². The fourth-order valence-corrected chi connectivity index (χ4v) is 4.38. The second-order valence-corrected chi connectivity index (χ2v) is 7.27. The zero-order valence-corrected chi connectivity index (χ0v) is 12.9. The molecule has 2 rings (SSSR count). The lowest BCUT2D eigenvalue weighted by atomic mass is 9.87. The molecule has 1 aromatic carbocycles. The van der Waals surface area contributed by atoms with Gasteiger partial charge in [-0.15, -0.1) is 0 Å². The Morgan fingerprint density at radius 2 is 2.10 bits per heavy atom. The third-order valence-electron chi connectivity index (χ3n) is 3.82. The summed E-state index contributed by atoms with van der Waals surface area (Å²) < 4.78 is 34.2. The van der Waals surface area contributed by atoms with Crippen LogP contribution in [0.15, 0.2) is 18.2 Å². The van der Waals surface area contributed by atoms with Gasteiger partial charge in [-0.2, -0.15) is 0 Å². The van der Waals surface area contributed by atoms with Gasteiger partial charge in [-0.3, -0.25) is 4.79 Å². The van der Waals surface area contributed by atoms with Gasteiger partial charge in [-0.05, 0) is 36.1 Å². The number of nitrogens with two attached hydrogens (primary N) is 1. The number of benzene rings is 1. The quantitative estimate of drug-likeness (QED) is 0.818. The minimum atomic E-state index is -3.65. The first kappa shape index (κ1) is 15.8. The SMILES string of the molecule is COC(=O)CS(=O)(=O)C1CCc2ccc(OC)cc2C1N. The number of rotatable bonds is 4. The molecule has 0 aromatic heterocycles. The summed E-state index contributed by atoms with van der Waals surface area (Å²) >= 11 is 0. The highest BCUT2D eigenvalue weighted by atomic mass is 32.2. The highest BCUT2D eigenvalue weighted by Gasteiger charge is 2.37. The summed E-state index contributed by atoms with van der Waals surface area (Å²) in [6.45, 7) is 0. The van der Waals surface area contributed by atoms with Crippen LogP contribution in [0.3, 0.4) is 0 Å². The highest BCUT2D eigenvalue weighted by Crippen LogP contribution is 2.34. The van der Waals surface area contributed by atoms with E-state index < -0.39 is 32.9 Å². The molecule has 0 saturated heterocycles. The Kier molecular flexibility index (Phi) is 4.53. The van der Waals surface area contributed by atoms with Crippen LogP contribution >= 0.6 is 0 Å². The van der Waals surface area contributed by atoms with E-state index in [0.29, 0.717) is 18.6 Å². The third-order valence-corrected chi connectivity index (χ3v) is 5.91. The number of hydrogen-bond acceptors (Lipinski definition) is 6. The van der Waals surface area contributed by atoms with E-state index in [4.69, 9.17) is 10.5 Å². The zero-order chi connectivity index (χ0) is 15.6. The van der Waals surface area contributed by atoms with E-state index in [0.717, 1.165) is 11.1 Å². The Labute approximate surface area is 124 Å². The summed E-state index contributed by atoms with van der Waals surface area (Å²) in [5.74, 6) is -0.768. The van der Waals surface area contributed by atoms with Crippen molar-refractivity contribution in [1.82, 2.24) is 0 Å². The molecular weight excluding hydrogens is 294 g/mol. The number of fused-ring (bicyclic) bond motifs is 1. The summed E-state index contributed by atoms with van der Waals surface area (Å²) in [5, 5.41) is -0.781. The molecule has 0 amide bonds. The maximum absolute atomic E-state index is 12.3. The van der Waals surface area contributed by atoms with Crippen LogP contribution in [-0.2, 0) is 25.8 Å². The predicted octanol–water partition coefficient (Wildman–Crippen LogP) is 0.598. The number of hydrogen-bond donors (Lipinski definition) is 1. The van der Waals surface area contributed by atoms with Gasteiger partial charge in [0, 0.05) is 6.04 Å². The van der Waals surface area contributed by atoms with Crippen LogP contribution in [0.25, 0.3) is 0 Å². The van der Waals surface area contributed by atoms with Crippen LogP contribution in [0.5, 0.6) is 5.75 Å². The Morgan fingerprint density at radius 1 is 1.38 bits per heavy atom. The molecule has 21 heavy (non-hydrogen) atoms. The molecule has 1 aliphatic rings. The second kappa shape index (κ2) is 6.03. The fraction of sp³-hybridized carbons (Fsp3) is 0.500. The lowest BCUT2D eigenvalue weighted by Gasteiger charge is -2.30. The average Bonchev–Trinajstić information content (AvgIpc) is 2.46. The number of sulfone groups is 1. The van der Waals surface area contributed by atoms with Crippen LogP contribution in [0.1, 0.15) is 23.6 Å². The van der Waals surface area contributed by atoms with E-state index in [1.54, 1.807) is 13.2 Å². The van der Waals surface area contributed by atoms with E-state index in [-0.39, 0.29) is 0 Å². The monoisotopic (exact) mass is 313 g/mol. The Bertz CT molecular complexity index is 641. The molecule has 0 bridgehead atoms. The third kappa shape index (κ3) is 3.19. The lowest BCUT2D eigenvalue weighted by molar-refractivity contribution is -0.137. The van der Waals surface area contributed by atoms with E-state index in [9.17, 15) is 13.2 Å². The van der Waals surface area contributed by atoms with Gasteiger partial charge < -0.3 is 15.2 Å². The van der Waals surface area contributed by atoms with Gasteiger partial charge in [0.25, 0.3) is 0 Å². The van der Waals surface area contributed by atoms with Gasteiger partial charge in [0.15, 0.2) is 9.84 Å². The van der Waals surface area contributed by atoms with Crippen LogP contribution in [-0.4, -0.2) is 39.6 Å². The molecular formula is C14H19NO5S. The summed E-state index contributed by atoms with van der Waals surface area (Å²) in [7, 11) is -0.938. The van der Waals surface area contributed by atoms with Crippen molar-refractivity contribution in [1.29, 1.82) is 0 Å². The molecule has 2 N–H and O–H groups in total. The van der Waals surface area contributed by atoms with Crippen molar-refractivity contribution >= 4 is 15.8 Å². The number of ether oxygens (including phenoxy) is 2. The maximum atomic E-state index is 12.3. The Morgan fingerprint density at radius 3 is 2.71 bits per heavy atom. The maximum Gasteiger partial charge on any atom is 0.320 e. The van der Waals surface area contributed by atoms with Gasteiger partial charge in [0.1, 0.15) is 11.5 Å². The number of carbonyl (C=O) groups is 1. The van der Waals surface area contributed by atoms with Crippen LogP contribution < -0.4 is 10.5 Å². The molecule has 0 saturated carbocycles. The highest BCUT2D eigenvalue weighted by molar-refractivity contribution is 7.92. The Balaban J connectivity index is 2.31. The van der Waals surface area contributed by atoms with Crippen LogP contribution in [0.4, 0.5) is 0 Å². The standard InChI is InChI=1S/C14H19NO5S/c1-19-10-5-3-9-4-6-12(14(15)11(9)7-10)21(17,18)8-13(16)20-2/h3,5,7,12,14H,4,6,8,15H2,1-2H3. The van der Waals surface area contributed by atoms with Gasteiger partial charge in [0.05, 0.1) is 19.5 Å². The van der Waals surface area contributed by atoms with Crippen molar-refractivity contribution in [3.63, 3.8) is 0 Å². The van der Waals surface area contributed by atoms with Crippen molar-refractivity contribution in [2.24, 2.45) is 5.73 Å². The number of esters is 1. The molecule has 1 aromatic rings. The van der Waals surface area contributed by atoms with Crippen molar-refractivity contribution < 1.29 is 22.7 Å². The first-order valence-electron chi connectivity index (χ1n) is 6.60. The van der Waals surface area contributed by atoms with Gasteiger partial charge in [-0.25, -0.2) is 8.42 Å². The smallest absolute Gasteiger partial charge is 0.320 e. The minimum absolute atomic E-state index is 0.403. The summed E-state index contributed by atoms with van der Waals surface area (Å²) in [4.78, 5) is 11.3. The van der Waals surface area contributed by atoms with Crippen molar-refractivity contribution in [2.45, 2.75) is 24.1 Å². The number of methoxy groups -OCH3 is 2. The molecule has 0 aliphatic heterocycles. The molecule has 1 aliphatic carbocycles. The summed E-state index contributed by atoms with van der Waals surface area (Å²) in [6.07, 6.45) is 1.01. The summed E-state index contributed by atoms with van der Waals surface area (Å²) in [5.41, 5.74) is 7.91. The van der Waals surface area contributed by atoms with Gasteiger partial charge in [-0.1, -0.05) is 6.07 Å². The first-order valence-corrected chi connectivity index (χ1v) is 8.31. The number of aryl methyl sites for hydroxylation is 1. The molecule has 7 heteroatoms. The van der Waals surface area contributed by atoms with Gasteiger partial charge >= 0.3 is 5.97 Å². The topological polar surface area (TPSA) is 95.7 Å². The van der Waals surface area contributed by atoms with Crippen molar-refractivity contribution in [2.75, 3.05) is 20.0 Å². The fourth-order valence-electron chi connectivity index (χ4n) is 2.65. The molecule has 0 fully saturated rings. The van der Waals surface area contributed by atoms with Gasteiger partial charge in [0.2, 0.25) is 0 Å². The van der Waals surface area contributed by atoms with Crippen molar-refractivity contribution in [3.8, 4) is 5.75 Å². The molecule has 0 radical (unpaired) electrons. The molecule has 0 spiro atoms. The molecule has 0 heterocycles.